The van der Waals surface area contributed by atoms with Gasteiger partial charge in [0.15, 0.2) is 0 Å². The topological polar surface area (TPSA) is 35.6 Å². The molecule has 1 aliphatic rings. The van der Waals surface area contributed by atoms with Crippen molar-refractivity contribution in [2.24, 2.45) is 5.92 Å². The van der Waals surface area contributed by atoms with E-state index in [4.69, 9.17) is 0 Å². The Hall–Kier alpha value is -1.69. The number of nitrogens with zero attached hydrogens (tertiary/aromatic N) is 2. The minimum absolute atomic E-state index is 0.0169. The standard InChI is InChI=1S/C18H27F2N3O/c1-13(11-15-16(19)5-4-6-17(15)20)21-18(24)23(3)12-14-7-9-22(2)10-8-14/h4-6,13-14H,7-12H2,1-3H3,(H,21,24)/t13-/m0/s1. The maximum Gasteiger partial charge on any atom is 0.317 e. The van der Waals surface area contributed by atoms with Crippen LogP contribution in [0.2, 0.25) is 0 Å². The first-order valence-corrected chi connectivity index (χ1v) is 8.50. The van der Waals surface area contributed by atoms with Crippen LogP contribution >= 0.6 is 0 Å². The number of carbonyl (C=O) groups excluding carboxylic acids is 1. The average Bonchev–Trinajstić information content (AvgIpc) is 2.53. The number of benzene rings is 1. The Bertz CT molecular complexity index is 539. The molecule has 0 unspecified atom stereocenters. The molecule has 24 heavy (non-hydrogen) atoms. The number of hydrogen-bond donors (Lipinski definition) is 1. The van der Waals surface area contributed by atoms with Gasteiger partial charge in [0.1, 0.15) is 11.6 Å². The van der Waals surface area contributed by atoms with E-state index in [-0.39, 0.29) is 24.1 Å². The summed E-state index contributed by atoms with van der Waals surface area (Å²) < 4.78 is 27.4. The second-order valence-electron chi connectivity index (χ2n) is 6.88. The lowest BCUT2D eigenvalue weighted by Crippen LogP contribution is -2.45. The molecule has 0 bridgehead atoms. The summed E-state index contributed by atoms with van der Waals surface area (Å²) in [5, 5.41) is 2.82. The molecule has 134 valence electrons. The van der Waals surface area contributed by atoms with Gasteiger partial charge in [-0.3, -0.25) is 0 Å². The van der Waals surface area contributed by atoms with Gasteiger partial charge in [-0.2, -0.15) is 0 Å². The first-order valence-electron chi connectivity index (χ1n) is 8.50. The lowest BCUT2D eigenvalue weighted by Gasteiger charge is -2.32. The molecule has 2 rings (SSSR count). The quantitative estimate of drug-likeness (QED) is 0.895. The second kappa shape index (κ2) is 8.42. The van der Waals surface area contributed by atoms with Crippen molar-refractivity contribution in [2.75, 3.05) is 33.7 Å². The minimum atomic E-state index is -0.573. The number of rotatable bonds is 5. The van der Waals surface area contributed by atoms with Gasteiger partial charge in [0.2, 0.25) is 0 Å². The lowest BCUT2D eigenvalue weighted by molar-refractivity contribution is 0.168. The highest BCUT2D eigenvalue weighted by atomic mass is 19.1. The fourth-order valence-corrected chi connectivity index (χ4v) is 3.12. The van der Waals surface area contributed by atoms with Crippen LogP contribution in [0.5, 0.6) is 0 Å². The molecular formula is C18H27F2N3O. The lowest BCUT2D eigenvalue weighted by atomic mass is 9.97. The van der Waals surface area contributed by atoms with Crippen LogP contribution in [0.4, 0.5) is 13.6 Å². The van der Waals surface area contributed by atoms with Crippen LogP contribution in [0.3, 0.4) is 0 Å². The highest BCUT2D eigenvalue weighted by Gasteiger charge is 2.21. The SMILES string of the molecule is C[C@@H](Cc1c(F)cccc1F)NC(=O)N(C)CC1CCN(C)CC1. The van der Waals surface area contributed by atoms with Gasteiger partial charge in [-0.05, 0) is 64.4 Å². The Kier molecular flexibility index (Phi) is 6.54. The van der Waals surface area contributed by atoms with Crippen molar-refractivity contribution >= 4 is 6.03 Å². The number of carbonyl (C=O) groups is 1. The molecule has 0 aliphatic carbocycles. The first-order chi connectivity index (χ1) is 11.4. The zero-order valence-electron chi connectivity index (χ0n) is 14.7. The van der Waals surface area contributed by atoms with Crippen LogP contribution in [0.25, 0.3) is 0 Å². The summed E-state index contributed by atoms with van der Waals surface area (Å²) in [4.78, 5) is 16.2. The Morgan fingerprint density at radius 2 is 1.92 bits per heavy atom. The molecule has 0 aromatic heterocycles. The van der Waals surface area contributed by atoms with E-state index in [1.54, 1.807) is 18.9 Å². The largest absolute Gasteiger partial charge is 0.335 e. The Morgan fingerprint density at radius 1 is 1.33 bits per heavy atom. The van der Waals surface area contributed by atoms with Gasteiger partial charge in [-0.15, -0.1) is 0 Å². The molecule has 0 spiro atoms. The number of amides is 2. The summed E-state index contributed by atoms with van der Waals surface area (Å²) in [6.07, 6.45) is 2.31. The zero-order valence-corrected chi connectivity index (χ0v) is 14.7. The monoisotopic (exact) mass is 339 g/mol. The van der Waals surface area contributed by atoms with Gasteiger partial charge >= 0.3 is 6.03 Å². The first kappa shape index (κ1) is 18.6. The van der Waals surface area contributed by atoms with Crippen molar-refractivity contribution in [1.82, 2.24) is 15.1 Å². The Morgan fingerprint density at radius 3 is 2.50 bits per heavy atom. The predicted molar refractivity (Wildman–Crippen MR) is 90.9 cm³/mol. The van der Waals surface area contributed by atoms with Gasteiger partial charge in [-0.1, -0.05) is 6.07 Å². The molecular weight excluding hydrogens is 312 g/mol. The summed E-state index contributed by atoms with van der Waals surface area (Å²) >= 11 is 0. The van der Waals surface area contributed by atoms with E-state index >= 15 is 0 Å². The number of halogens is 2. The van der Waals surface area contributed by atoms with Crippen LogP contribution < -0.4 is 5.32 Å². The highest BCUT2D eigenvalue weighted by Crippen LogP contribution is 2.17. The van der Waals surface area contributed by atoms with E-state index in [0.29, 0.717) is 12.5 Å². The van der Waals surface area contributed by atoms with E-state index in [9.17, 15) is 13.6 Å². The molecule has 4 nitrogen and oxygen atoms in total. The third-order valence-electron chi connectivity index (χ3n) is 4.66. The van der Waals surface area contributed by atoms with Gasteiger partial charge in [0.25, 0.3) is 0 Å². The molecule has 1 atom stereocenters. The number of nitrogens with one attached hydrogen (secondary N) is 1. The van der Waals surface area contributed by atoms with Crippen LogP contribution in [-0.2, 0) is 6.42 Å². The summed E-state index contributed by atoms with van der Waals surface area (Å²) in [6.45, 7) is 4.58. The average molecular weight is 339 g/mol. The molecule has 1 N–H and O–H groups in total. The van der Waals surface area contributed by atoms with Gasteiger partial charge in [0, 0.05) is 25.2 Å². The molecule has 1 aromatic carbocycles. The molecule has 0 saturated carbocycles. The van der Waals surface area contributed by atoms with E-state index < -0.39 is 11.6 Å². The smallest absolute Gasteiger partial charge is 0.317 e. The molecule has 0 radical (unpaired) electrons. The summed E-state index contributed by atoms with van der Waals surface area (Å²) in [5.41, 5.74) is 0.0169. The zero-order chi connectivity index (χ0) is 17.7. The molecule has 1 fully saturated rings. The third kappa shape index (κ3) is 5.16. The van der Waals surface area contributed by atoms with E-state index in [1.165, 1.54) is 18.2 Å². The van der Waals surface area contributed by atoms with Crippen molar-refractivity contribution in [3.63, 3.8) is 0 Å². The van der Waals surface area contributed by atoms with E-state index in [2.05, 4.69) is 17.3 Å². The fourth-order valence-electron chi connectivity index (χ4n) is 3.12. The molecule has 2 amide bonds. The van der Waals surface area contributed by atoms with Gasteiger partial charge in [0.05, 0.1) is 0 Å². The summed E-state index contributed by atoms with van der Waals surface area (Å²) in [5.74, 6) is -0.636. The van der Waals surface area contributed by atoms with Crippen LogP contribution in [0.1, 0.15) is 25.3 Å². The summed E-state index contributed by atoms with van der Waals surface area (Å²) in [6, 6.07) is 3.27. The maximum atomic E-state index is 13.7. The van der Waals surface area contributed by atoms with Crippen LogP contribution in [0, 0.1) is 17.6 Å². The molecule has 1 aromatic rings. The van der Waals surface area contributed by atoms with Crippen molar-refractivity contribution in [3.05, 3.63) is 35.4 Å². The molecule has 1 aliphatic heterocycles. The highest BCUT2D eigenvalue weighted by molar-refractivity contribution is 5.74. The van der Waals surface area contributed by atoms with Gasteiger partial charge < -0.3 is 15.1 Å². The van der Waals surface area contributed by atoms with Crippen molar-refractivity contribution in [3.8, 4) is 0 Å². The fraction of sp³-hybridized carbons (Fsp3) is 0.611. The number of piperidine rings is 1. The van der Waals surface area contributed by atoms with Crippen molar-refractivity contribution in [1.29, 1.82) is 0 Å². The van der Waals surface area contributed by atoms with Crippen molar-refractivity contribution < 1.29 is 13.6 Å². The normalized spacial score (nSPS) is 17.5. The van der Waals surface area contributed by atoms with Crippen LogP contribution in [-0.4, -0.2) is 55.6 Å². The Balaban J connectivity index is 1.82. The third-order valence-corrected chi connectivity index (χ3v) is 4.66. The van der Waals surface area contributed by atoms with Gasteiger partial charge in [-0.25, -0.2) is 13.6 Å². The van der Waals surface area contributed by atoms with E-state index in [1.807, 2.05) is 0 Å². The minimum Gasteiger partial charge on any atom is -0.335 e. The van der Waals surface area contributed by atoms with E-state index in [0.717, 1.165) is 25.9 Å². The number of likely N-dealkylation sites (tertiary alicyclic amines) is 1. The molecule has 1 heterocycles. The van der Waals surface area contributed by atoms with Crippen molar-refractivity contribution in [2.45, 2.75) is 32.2 Å². The second-order valence-corrected chi connectivity index (χ2v) is 6.88. The summed E-state index contributed by atoms with van der Waals surface area (Å²) in [7, 11) is 3.88. The van der Waals surface area contributed by atoms with Crippen LogP contribution in [0.15, 0.2) is 18.2 Å². The molecule has 1 saturated heterocycles. The number of hydrogen-bond acceptors (Lipinski definition) is 2. The number of urea groups is 1. The predicted octanol–water partition coefficient (Wildman–Crippen LogP) is 2.88. The Labute approximate surface area is 142 Å². The maximum absolute atomic E-state index is 13.7. The molecule has 6 heteroatoms.